The van der Waals surface area contributed by atoms with Crippen LogP contribution in [0.4, 0.5) is 0 Å². The Hall–Kier alpha value is -0.650. The Morgan fingerprint density at radius 3 is 2.42 bits per heavy atom. The first kappa shape index (κ1) is 14.8. The molecule has 1 saturated heterocycles. The van der Waals surface area contributed by atoms with Gasteiger partial charge in [0, 0.05) is 19.3 Å². The van der Waals surface area contributed by atoms with Crippen LogP contribution in [0.3, 0.4) is 0 Å². The lowest BCUT2D eigenvalue weighted by atomic mass is 9.78. The van der Waals surface area contributed by atoms with Crippen molar-refractivity contribution in [2.24, 2.45) is 0 Å². The monoisotopic (exact) mass is 272 g/mol. The third kappa shape index (κ3) is 3.91. The number of aliphatic hydroxyl groups is 1. The number of carbonyl (C=O) groups is 1. The molecule has 2 aliphatic rings. The molecule has 1 N–H and O–H groups in total. The largest absolute Gasteiger partial charge is 0.466 e. The normalized spacial score (nSPS) is 24.5. The van der Waals surface area contributed by atoms with Gasteiger partial charge in [0.2, 0.25) is 0 Å². The van der Waals surface area contributed by atoms with Gasteiger partial charge in [-0.3, -0.25) is 4.79 Å². The summed E-state index contributed by atoms with van der Waals surface area (Å²) in [6.07, 6.45) is 4.53. The van der Waals surface area contributed by atoms with E-state index in [1.54, 1.807) is 6.92 Å². The number of ether oxygens (including phenoxy) is 3. The molecule has 0 aromatic heterocycles. The number of carbonyl (C=O) groups excluding carboxylic acids is 1. The van der Waals surface area contributed by atoms with E-state index in [-0.39, 0.29) is 5.97 Å². The molecule has 5 heteroatoms. The van der Waals surface area contributed by atoms with Crippen LogP contribution in [-0.4, -0.2) is 42.3 Å². The van der Waals surface area contributed by atoms with Crippen molar-refractivity contribution in [2.75, 3.05) is 19.8 Å². The predicted molar refractivity (Wildman–Crippen MR) is 68.5 cm³/mol. The van der Waals surface area contributed by atoms with Gasteiger partial charge in [0.05, 0.1) is 25.4 Å². The quantitative estimate of drug-likeness (QED) is 0.773. The van der Waals surface area contributed by atoms with Crippen LogP contribution in [0.25, 0.3) is 0 Å². The van der Waals surface area contributed by atoms with Crippen LogP contribution in [-0.2, 0) is 19.0 Å². The molecule has 0 aromatic rings. The predicted octanol–water partition coefficient (Wildman–Crippen LogP) is 1.77. The van der Waals surface area contributed by atoms with Crippen LogP contribution in [0.15, 0.2) is 0 Å². The average molecular weight is 272 g/mol. The lowest BCUT2D eigenvalue weighted by molar-refractivity contribution is -0.203. The molecule has 0 bridgehead atoms. The number of rotatable bonds is 5. The molecule has 0 aromatic carbocycles. The summed E-state index contributed by atoms with van der Waals surface area (Å²) in [4.78, 5) is 11.2. The van der Waals surface area contributed by atoms with Crippen LogP contribution >= 0.6 is 0 Å². The summed E-state index contributed by atoms with van der Waals surface area (Å²) in [5.41, 5.74) is -0.674. The lowest BCUT2D eigenvalue weighted by Crippen LogP contribution is -2.43. The van der Waals surface area contributed by atoms with E-state index < -0.39 is 11.4 Å². The fourth-order valence-corrected chi connectivity index (χ4v) is 2.93. The summed E-state index contributed by atoms with van der Waals surface area (Å²) < 4.78 is 16.2. The summed E-state index contributed by atoms with van der Waals surface area (Å²) in [6, 6.07) is 0. The van der Waals surface area contributed by atoms with Gasteiger partial charge in [-0.05, 0) is 32.6 Å². The third-order valence-corrected chi connectivity index (χ3v) is 4.08. The summed E-state index contributed by atoms with van der Waals surface area (Å²) >= 11 is 0. The van der Waals surface area contributed by atoms with E-state index >= 15 is 0 Å². The first-order chi connectivity index (χ1) is 9.08. The second-order valence-electron chi connectivity index (χ2n) is 5.49. The Morgan fingerprint density at radius 1 is 1.21 bits per heavy atom. The molecule has 2 fully saturated rings. The molecule has 1 saturated carbocycles. The zero-order valence-electron chi connectivity index (χ0n) is 11.7. The van der Waals surface area contributed by atoms with Crippen molar-refractivity contribution in [3.63, 3.8) is 0 Å². The van der Waals surface area contributed by atoms with Gasteiger partial charge >= 0.3 is 5.97 Å². The lowest BCUT2D eigenvalue weighted by Gasteiger charge is -2.40. The van der Waals surface area contributed by atoms with E-state index in [0.717, 1.165) is 12.8 Å². The second-order valence-corrected chi connectivity index (χ2v) is 5.49. The molecule has 0 radical (unpaired) electrons. The van der Waals surface area contributed by atoms with Crippen LogP contribution in [0, 0.1) is 0 Å². The van der Waals surface area contributed by atoms with Crippen molar-refractivity contribution in [1.82, 2.24) is 0 Å². The molecule has 0 amide bonds. The van der Waals surface area contributed by atoms with Crippen molar-refractivity contribution in [2.45, 2.75) is 63.3 Å². The van der Waals surface area contributed by atoms with E-state index in [9.17, 15) is 9.90 Å². The number of hydrogen-bond donors (Lipinski definition) is 1. The Balaban J connectivity index is 1.71. The van der Waals surface area contributed by atoms with E-state index in [2.05, 4.69) is 0 Å². The molecule has 19 heavy (non-hydrogen) atoms. The number of esters is 1. The van der Waals surface area contributed by atoms with E-state index in [1.165, 1.54) is 0 Å². The van der Waals surface area contributed by atoms with Gasteiger partial charge < -0.3 is 19.3 Å². The highest BCUT2D eigenvalue weighted by Crippen LogP contribution is 2.42. The molecule has 1 heterocycles. The molecule has 1 aliphatic carbocycles. The summed E-state index contributed by atoms with van der Waals surface area (Å²) in [5, 5.41) is 10.5. The molecule has 5 nitrogen and oxygen atoms in total. The standard InChI is InChI=1S/C14H24O5/c1-2-17-12(15)4-3-5-13(16)6-8-14(9-7-13)18-10-11-19-14/h16H,2-11H2,1H3. The fourth-order valence-electron chi connectivity index (χ4n) is 2.93. The maximum atomic E-state index is 11.2. The van der Waals surface area contributed by atoms with Gasteiger partial charge in [-0.25, -0.2) is 0 Å². The number of hydrogen-bond acceptors (Lipinski definition) is 5. The Bertz CT molecular complexity index is 299. The van der Waals surface area contributed by atoms with Gasteiger partial charge in [-0.2, -0.15) is 0 Å². The van der Waals surface area contributed by atoms with Crippen LogP contribution < -0.4 is 0 Å². The summed E-state index contributed by atoms with van der Waals surface area (Å²) in [5.74, 6) is -0.617. The van der Waals surface area contributed by atoms with Crippen molar-refractivity contribution >= 4 is 5.97 Å². The highest BCUT2D eigenvalue weighted by molar-refractivity contribution is 5.69. The Kier molecular flexibility index (Phi) is 4.81. The molecule has 1 aliphatic heterocycles. The minimum absolute atomic E-state index is 0.180. The smallest absolute Gasteiger partial charge is 0.305 e. The van der Waals surface area contributed by atoms with Crippen LogP contribution in [0.2, 0.25) is 0 Å². The zero-order valence-corrected chi connectivity index (χ0v) is 11.7. The first-order valence-electron chi connectivity index (χ1n) is 7.23. The maximum Gasteiger partial charge on any atom is 0.305 e. The molecule has 0 atom stereocenters. The zero-order chi connectivity index (χ0) is 13.8. The highest BCUT2D eigenvalue weighted by atomic mass is 16.7. The van der Waals surface area contributed by atoms with E-state index in [0.29, 0.717) is 51.9 Å². The molecule has 2 rings (SSSR count). The Morgan fingerprint density at radius 2 is 1.84 bits per heavy atom. The highest BCUT2D eigenvalue weighted by Gasteiger charge is 2.45. The van der Waals surface area contributed by atoms with Crippen LogP contribution in [0.1, 0.15) is 51.9 Å². The van der Waals surface area contributed by atoms with Crippen LogP contribution in [0.5, 0.6) is 0 Å². The molecular weight excluding hydrogens is 248 g/mol. The van der Waals surface area contributed by atoms with Crippen molar-refractivity contribution in [3.05, 3.63) is 0 Å². The third-order valence-electron chi connectivity index (χ3n) is 4.08. The van der Waals surface area contributed by atoms with Gasteiger partial charge in [-0.15, -0.1) is 0 Å². The Labute approximate surface area is 114 Å². The summed E-state index contributed by atoms with van der Waals surface area (Å²) in [6.45, 7) is 3.52. The minimum atomic E-state index is -0.674. The molecular formula is C14H24O5. The minimum Gasteiger partial charge on any atom is -0.466 e. The van der Waals surface area contributed by atoms with Gasteiger partial charge in [0.15, 0.2) is 5.79 Å². The van der Waals surface area contributed by atoms with Gasteiger partial charge in [0.1, 0.15) is 0 Å². The molecule has 1 spiro atoms. The topological polar surface area (TPSA) is 65.0 Å². The first-order valence-corrected chi connectivity index (χ1v) is 7.23. The molecule has 110 valence electrons. The average Bonchev–Trinajstić information content (AvgIpc) is 2.83. The maximum absolute atomic E-state index is 11.2. The van der Waals surface area contributed by atoms with E-state index in [1.807, 2.05) is 0 Å². The van der Waals surface area contributed by atoms with Crippen molar-refractivity contribution < 1.29 is 24.1 Å². The molecule has 0 unspecified atom stereocenters. The van der Waals surface area contributed by atoms with Crippen molar-refractivity contribution in [3.8, 4) is 0 Å². The van der Waals surface area contributed by atoms with Crippen molar-refractivity contribution in [1.29, 1.82) is 0 Å². The summed E-state index contributed by atoms with van der Waals surface area (Å²) in [7, 11) is 0. The SMILES string of the molecule is CCOC(=O)CCCC1(O)CCC2(CC1)OCCO2. The van der Waals surface area contributed by atoms with E-state index in [4.69, 9.17) is 14.2 Å². The van der Waals surface area contributed by atoms with Gasteiger partial charge in [-0.1, -0.05) is 0 Å². The fraction of sp³-hybridized carbons (Fsp3) is 0.929. The van der Waals surface area contributed by atoms with Gasteiger partial charge in [0.25, 0.3) is 0 Å². The second kappa shape index (κ2) is 6.20.